The van der Waals surface area contributed by atoms with Crippen LogP contribution >= 0.6 is 11.6 Å². The summed E-state index contributed by atoms with van der Waals surface area (Å²) in [6.07, 6.45) is 0. The van der Waals surface area contributed by atoms with Gasteiger partial charge in [-0.05, 0) is 46.9 Å². The number of benzene rings is 3. The van der Waals surface area contributed by atoms with Gasteiger partial charge in [0.1, 0.15) is 0 Å². The number of aliphatic hydroxyl groups excluding tert-OH is 1. The van der Waals surface area contributed by atoms with Gasteiger partial charge >= 0.3 is 0 Å². The molecule has 1 aliphatic heterocycles. The first-order valence-electron chi connectivity index (χ1n) is 10.4. The van der Waals surface area contributed by atoms with E-state index in [9.17, 15) is 14.7 Å². The van der Waals surface area contributed by atoms with E-state index in [1.807, 2.05) is 61.5 Å². The highest BCUT2D eigenvalue weighted by Gasteiger charge is 2.68. The molecule has 4 aliphatic rings. The average Bonchev–Trinajstić information content (AvgIpc) is 3.07. The van der Waals surface area contributed by atoms with E-state index in [1.54, 1.807) is 12.1 Å². The van der Waals surface area contributed by atoms with Crippen molar-refractivity contribution in [1.29, 1.82) is 0 Å². The lowest BCUT2D eigenvalue weighted by atomic mass is 9.47. The number of aryl methyl sites for hydroxylation is 1. The average molecular weight is 430 g/mol. The van der Waals surface area contributed by atoms with Gasteiger partial charge < -0.3 is 5.11 Å². The van der Waals surface area contributed by atoms with Crippen LogP contribution in [0.5, 0.6) is 0 Å². The van der Waals surface area contributed by atoms with Gasteiger partial charge in [-0.1, -0.05) is 66.2 Å². The van der Waals surface area contributed by atoms with Crippen LogP contribution in [0.2, 0.25) is 5.02 Å². The molecular weight excluding hydrogens is 410 g/mol. The molecule has 1 heterocycles. The number of hydrogen-bond acceptors (Lipinski definition) is 3. The standard InChI is InChI=1S/C26H20ClNO3/c1-14-10-11-15(12-20(14)27)28-24(30)22-21-16-6-2-4-8-18(16)26(13-29,23(22)25(28)31)19-9-5-3-7-17(19)21/h2-12,21-23,29H,13H2,1H3/t21?,22-,23+,26?/m0/s1. The number of amides is 2. The molecule has 4 nitrogen and oxygen atoms in total. The molecule has 7 rings (SSSR count). The summed E-state index contributed by atoms with van der Waals surface area (Å²) in [4.78, 5) is 29.0. The Labute approximate surface area is 185 Å². The number of nitrogens with zero attached hydrogens (tertiary/aromatic N) is 1. The van der Waals surface area contributed by atoms with Gasteiger partial charge in [0.25, 0.3) is 0 Å². The summed E-state index contributed by atoms with van der Waals surface area (Å²) in [5.74, 6) is -1.91. The number of halogens is 1. The zero-order valence-corrected chi connectivity index (χ0v) is 17.6. The van der Waals surface area contributed by atoms with Crippen LogP contribution in [-0.4, -0.2) is 23.5 Å². The smallest absolute Gasteiger partial charge is 0.239 e. The van der Waals surface area contributed by atoms with Crippen molar-refractivity contribution in [2.45, 2.75) is 18.3 Å². The van der Waals surface area contributed by atoms with Crippen LogP contribution in [0.4, 0.5) is 5.69 Å². The number of aliphatic hydroxyl groups is 1. The minimum atomic E-state index is -0.942. The van der Waals surface area contributed by atoms with Crippen molar-refractivity contribution < 1.29 is 14.7 Å². The van der Waals surface area contributed by atoms with Crippen molar-refractivity contribution in [3.05, 3.63) is 99.6 Å². The van der Waals surface area contributed by atoms with Crippen LogP contribution in [0.15, 0.2) is 66.7 Å². The third kappa shape index (κ3) is 2.14. The van der Waals surface area contributed by atoms with Crippen LogP contribution in [-0.2, 0) is 15.0 Å². The Morgan fingerprint density at radius 1 is 0.935 bits per heavy atom. The Balaban J connectivity index is 1.62. The Hall–Kier alpha value is -2.95. The molecule has 31 heavy (non-hydrogen) atoms. The molecule has 3 aromatic carbocycles. The molecule has 0 radical (unpaired) electrons. The zero-order valence-electron chi connectivity index (χ0n) is 16.9. The van der Waals surface area contributed by atoms with Gasteiger partial charge in [-0.2, -0.15) is 0 Å². The van der Waals surface area contributed by atoms with Gasteiger partial charge in [-0.25, -0.2) is 4.90 Å². The number of anilines is 1. The van der Waals surface area contributed by atoms with Crippen LogP contribution < -0.4 is 4.90 Å². The van der Waals surface area contributed by atoms with Gasteiger partial charge in [0.2, 0.25) is 11.8 Å². The van der Waals surface area contributed by atoms with Crippen LogP contribution in [0.3, 0.4) is 0 Å². The van der Waals surface area contributed by atoms with Crippen molar-refractivity contribution in [2.24, 2.45) is 11.8 Å². The van der Waals surface area contributed by atoms with E-state index in [0.29, 0.717) is 10.7 Å². The molecule has 3 aliphatic carbocycles. The summed E-state index contributed by atoms with van der Waals surface area (Å²) in [5.41, 5.74) is 4.39. The predicted octanol–water partition coefficient (Wildman–Crippen LogP) is 4.19. The van der Waals surface area contributed by atoms with E-state index in [4.69, 9.17) is 11.6 Å². The minimum Gasteiger partial charge on any atom is -0.395 e. The van der Waals surface area contributed by atoms with E-state index in [-0.39, 0.29) is 24.3 Å². The fourth-order valence-corrected chi connectivity index (χ4v) is 6.35. The monoisotopic (exact) mass is 429 g/mol. The minimum absolute atomic E-state index is 0.215. The maximum Gasteiger partial charge on any atom is 0.239 e. The maximum absolute atomic E-state index is 13.9. The molecule has 0 unspecified atom stereocenters. The molecule has 3 aromatic rings. The molecular formula is C26H20ClNO3. The maximum atomic E-state index is 13.9. The quantitative estimate of drug-likeness (QED) is 0.621. The Morgan fingerprint density at radius 2 is 1.55 bits per heavy atom. The van der Waals surface area contributed by atoms with E-state index in [2.05, 4.69) is 0 Å². The summed E-state index contributed by atoms with van der Waals surface area (Å²) >= 11 is 6.32. The zero-order chi connectivity index (χ0) is 21.5. The normalized spacial score (nSPS) is 27.8. The summed E-state index contributed by atoms with van der Waals surface area (Å²) in [5, 5.41) is 11.4. The third-order valence-electron chi connectivity index (χ3n) is 7.46. The van der Waals surface area contributed by atoms with E-state index < -0.39 is 17.3 Å². The number of hydrogen-bond donors (Lipinski definition) is 1. The molecule has 1 fully saturated rings. The number of imide groups is 1. The topological polar surface area (TPSA) is 57.6 Å². The lowest BCUT2D eigenvalue weighted by Crippen LogP contribution is -2.55. The summed E-state index contributed by atoms with van der Waals surface area (Å²) in [7, 11) is 0. The molecule has 154 valence electrons. The van der Waals surface area contributed by atoms with Gasteiger partial charge in [-0.15, -0.1) is 0 Å². The summed E-state index contributed by atoms with van der Waals surface area (Å²) < 4.78 is 0. The number of rotatable bonds is 2. The first kappa shape index (κ1) is 18.8. The van der Waals surface area contributed by atoms with Crippen molar-refractivity contribution in [2.75, 3.05) is 11.5 Å². The Bertz CT molecular complexity index is 1240. The second-order valence-electron chi connectivity index (χ2n) is 8.73. The van der Waals surface area contributed by atoms with Gasteiger partial charge in [0.05, 0.1) is 29.5 Å². The second-order valence-corrected chi connectivity index (χ2v) is 9.14. The molecule has 5 heteroatoms. The largest absolute Gasteiger partial charge is 0.395 e. The van der Waals surface area contributed by atoms with Gasteiger partial charge in [0, 0.05) is 10.9 Å². The van der Waals surface area contributed by atoms with Crippen molar-refractivity contribution in [3.8, 4) is 0 Å². The van der Waals surface area contributed by atoms with Gasteiger partial charge in [0.15, 0.2) is 0 Å². The Kier molecular flexibility index (Phi) is 3.81. The molecule has 2 atom stereocenters. The second kappa shape index (κ2) is 6.28. The third-order valence-corrected chi connectivity index (χ3v) is 7.86. The fourth-order valence-electron chi connectivity index (χ4n) is 6.17. The number of carbonyl (C=O) groups excluding carboxylic acids is 2. The molecule has 0 spiro atoms. The van der Waals surface area contributed by atoms with E-state index in [1.165, 1.54) is 4.90 Å². The molecule has 0 saturated carbocycles. The molecule has 2 bridgehead atoms. The van der Waals surface area contributed by atoms with Crippen molar-refractivity contribution in [3.63, 3.8) is 0 Å². The predicted molar refractivity (Wildman–Crippen MR) is 118 cm³/mol. The lowest BCUT2D eigenvalue weighted by Gasteiger charge is -2.53. The fraction of sp³-hybridized carbons (Fsp3) is 0.231. The van der Waals surface area contributed by atoms with E-state index in [0.717, 1.165) is 27.8 Å². The summed E-state index contributed by atoms with van der Waals surface area (Å²) in [6.45, 7) is 1.64. The molecule has 1 saturated heterocycles. The van der Waals surface area contributed by atoms with Gasteiger partial charge in [-0.3, -0.25) is 9.59 Å². The number of carbonyl (C=O) groups is 2. The summed E-state index contributed by atoms with van der Waals surface area (Å²) in [6, 6.07) is 21.1. The SMILES string of the molecule is Cc1ccc(N2C(=O)[C@H]3C4c5ccccc5C(CO)(c5ccccc54)[C@H]3C2=O)cc1Cl. The lowest BCUT2D eigenvalue weighted by molar-refractivity contribution is -0.124. The van der Waals surface area contributed by atoms with Crippen LogP contribution in [0.1, 0.15) is 33.7 Å². The van der Waals surface area contributed by atoms with Crippen molar-refractivity contribution >= 4 is 29.1 Å². The molecule has 2 amide bonds. The highest BCUT2D eigenvalue weighted by Crippen LogP contribution is 2.64. The van der Waals surface area contributed by atoms with Crippen LogP contribution in [0, 0.1) is 18.8 Å². The highest BCUT2D eigenvalue weighted by molar-refractivity contribution is 6.32. The Morgan fingerprint density at radius 3 is 2.13 bits per heavy atom. The first-order chi connectivity index (χ1) is 15.0. The van der Waals surface area contributed by atoms with E-state index >= 15 is 0 Å². The first-order valence-corrected chi connectivity index (χ1v) is 10.8. The highest BCUT2D eigenvalue weighted by atomic mass is 35.5. The molecule has 0 aromatic heterocycles. The van der Waals surface area contributed by atoms with Crippen molar-refractivity contribution in [1.82, 2.24) is 0 Å². The molecule has 1 N–H and O–H groups in total. The van der Waals surface area contributed by atoms with Crippen LogP contribution in [0.25, 0.3) is 0 Å².